The molecule has 0 bridgehead atoms. The maximum Gasteiger partial charge on any atom is 0.121 e. The van der Waals surface area contributed by atoms with Crippen molar-refractivity contribution in [1.29, 1.82) is 5.26 Å². The van der Waals surface area contributed by atoms with E-state index in [9.17, 15) is 0 Å². The van der Waals surface area contributed by atoms with Gasteiger partial charge in [-0.3, -0.25) is 0 Å². The predicted octanol–water partition coefficient (Wildman–Crippen LogP) is 3.83. The molecule has 0 spiro atoms. The molecule has 2 aromatic carbocycles. The Morgan fingerprint density at radius 3 is 2.79 bits per heavy atom. The third-order valence-corrected chi connectivity index (χ3v) is 3.05. The van der Waals surface area contributed by atoms with E-state index < -0.39 is 0 Å². The lowest BCUT2D eigenvalue weighted by atomic mass is 10.2. The molecule has 0 radical (unpaired) electrons. The zero-order valence-corrected chi connectivity index (χ0v) is 11.2. The number of nitrogens with zero attached hydrogens (tertiary/aromatic N) is 1. The first-order valence-electron chi connectivity index (χ1n) is 5.82. The number of hydrogen-bond donors (Lipinski definition) is 1. The monoisotopic (exact) mass is 272 g/mol. The minimum Gasteiger partial charge on any atom is -0.489 e. The highest BCUT2D eigenvalue weighted by molar-refractivity contribution is 6.31. The minimum atomic E-state index is 0.373. The van der Waals surface area contributed by atoms with Crippen LogP contribution in [0.25, 0.3) is 0 Å². The van der Waals surface area contributed by atoms with Gasteiger partial charge in [0.25, 0.3) is 0 Å². The molecule has 3 nitrogen and oxygen atoms in total. The average molecular weight is 273 g/mol. The Morgan fingerprint density at radius 2 is 2.11 bits per heavy atom. The molecule has 0 saturated carbocycles. The van der Waals surface area contributed by atoms with E-state index in [-0.39, 0.29) is 0 Å². The van der Waals surface area contributed by atoms with E-state index in [0.717, 1.165) is 11.3 Å². The van der Waals surface area contributed by atoms with E-state index in [1.165, 1.54) is 0 Å². The van der Waals surface area contributed by atoms with Gasteiger partial charge in [-0.1, -0.05) is 23.7 Å². The SMILES string of the molecule is CNc1ccc(COc2cccc(C#N)c2)c(Cl)c1. The summed E-state index contributed by atoms with van der Waals surface area (Å²) in [5.41, 5.74) is 2.44. The molecule has 0 saturated heterocycles. The van der Waals surface area contributed by atoms with Gasteiger partial charge in [-0.05, 0) is 30.3 Å². The molecule has 96 valence electrons. The lowest BCUT2D eigenvalue weighted by Gasteiger charge is -2.09. The van der Waals surface area contributed by atoms with Crippen LogP contribution in [-0.4, -0.2) is 7.05 Å². The Bertz CT molecular complexity index is 620. The number of hydrogen-bond acceptors (Lipinski definition) is 3. The second-order valence-electron chi connectivity index (χ2n) is 3.98. The van der Waals surface area contributed by atoms with E-state index in [1.54, 1.807) is 18.2 Å². The molecule has 0 aliphatic rings. The summed E-state index contributed by atoms with van der Waals surface area (Å²) in [6.45, 7) is 0.373. The van der Waals surface area contributed by atoms with Gasteiger partial charge < -0.3 is 10.1 Å². The van der Waals surface area contributed by atoms with Gasteiger partial charge in [-0.2, -0.15) is 5.26 Å². The van der Waals surface area contributed by atoms with Crippen molar-refractivity contribution in [2.75, 3.05) is 12.4 Å². The molecule has 1 N–H and O–H groups in total. The van der Waals surface area contributed by atoms with E-state index in [0.29, 0.717) is 22.9 Å². The first kappa shape index (κ1) is 13.3. The standard InChI is InChI=1S/C15H13ClN2O/c1-18-13-6-5-12(15(16)8-13)10-19-14-4-2-3-11(7-14)9-17/h2-8,18H,10H2,1H3. The normalized spacial score (nSPS) is 9.74. The lowest BCUT2D eigenvalue weighted by molar-refractivity contribution is 0.306. The maximum atomic E-state index is 8.82. The molecule has 0 heterocycles. The van der Waals surface area contributed by atoms with Crippen molar-refractivity contribution in [3.8, 4) is 11.8 Å². The molecule has 0 amide bonds. The van der Waals surface area contributed by atoms with E-state index in [4.69, 9.17) is 21.6 Å². The first-order chi connectivity index (χ1) is 9.22. The molecular formula is C15H13ClN2O. The third-order valence-electron chi connectivity index (χ3n) is 2.70. The van der Waals surface area contributed by atoms with E-state index in [2.05, 4.69) is 11.4 Å². The smallest absolute Gasteiger partial charge is 0.121 e. The second-order valence-corrected chi connectivity index (χ2v) is 4.39. The van der Waals surface area contributed by atoms with Crippen molar-refractivity contribution < 1.29 is 4.74 Å². The van der Waals surface area contributed by atoms with Gasteiger partial charge in [0.1, 0.15) is 12.4 Å². The average Bonchev–Trinajstić information content (AvgIpc) is 2.46. The van der Waals surface area contributed by atoms with Gasteiger partial charge in [-0.25, -0.2) is 0 Å². The topological polar surface area (TPSA) is 45.0 Å². The molecule has 2 aromatic rings. The molecule has 4 heteroatoms. The number of nitrogens with one attached hydrogen (secondary N) is 1. The van der Waals surface area contributed by atoms with Crippen LogP contribution in [0, 0.1) is 11.3 Å². The molecule has 0 aliphatic carbocycles. The fourth-order valence-corrected chi connectivity index (χ4v) is 1.87. The molecule has 0 aliphatic heterocycles. The van der Waals surface area contributed by atoms with Gasteiger partial charge in [0.15, 0.2) is 0 Å². The Kier molecular flexibility index (Phi) is 4.27. The summed E-state index contributed by atoms with van der Waals surface area (Å²) in [7, 11) is 1.84. The van der Waals surface area contributed by atoms with Gasteiger partial charge >= 0.3 is 0 Å². The van der Waals surface area contributed by atoms with E-state index in [1.807, 2.05) is 31.3 Å². The van der Waals surface area contributed by atoms with Crippen molar-refractivity contribution in [3.05, 3.63) is 58.6 Å². The Balaban J connectivity index is 2.08. The van der Waals surface area contributed by atoms with E-state index >= 15 is 0 Å². The van der Waals surface area contributed by atoms with Gasteiger partial charge in [-0.15, -0.1) is 0 Å². The Morgan fingerprint density at radius 1 is 1.26 bits per heavy atom. The summed E-state index contributed by atoms with van der Waals surface area (Å²) >= 11 is 6.16. The van der Waals surface area contributed by atoms with Gasteiger partial charge in [0, 0.05) is 23.3 Å². The summed E-state index contributed by atoms with van der Waals surface area (Å²) < 4.78 is 5.63. The van der Waals surface area contributed by atoms with Crippen LogP contribution in [0.1, 0.15) is 11.1 Å². The highest BCUT2D eigenvalue weighted by Crippen LogP contribution is 2.22. The van der Waals surface area contributed by atoms with Crippen LogP contribution in [0.2, 0.25) is 5.02 Å². The second kappa shape index (κ2) is 6.12. The zero-order chi connectivity index (χ0) is 13.7. The fourth-order valence-electron chi connectivity index (χ4n) is 1.64. The quantitative estimate of drug-likeness (QED) is 0.920. The van der Waals surface area contributed by atoms with Crippen molar-refractivity contribution in [2.24, 2.45) is 0 Å². The molecule has 0 aromatic heterocycles. The number of rotatable bonds is 4. The first-order valence-corrected chi connectivity index (χ1v) is 6.20. The van der Waals surface area contributed by atoms with Crippen molar-refractivity contribution in [2.45, 2.75) is 6.61 Å². The predicted molar refractivity (Wildman–Crippen MR) is 76.5 cm³/mol. The molecule has 0 unspecified atom stereocenters. The van der Waals surface area contributed by atoms with Gasteiger partial charge in [0.05, 0.1) is 11.6 Å². The van der Waals surface area contributed by atoms with Gasteiger partial charge in [0.2, 0.25) is 0 Å². The molecular weight excluding hydrogens is 260 g/mol. The molecule has 2 rings (SSSR count). The molecule has 0 fully saturated rings. The summed E-state index contributed by atoms with van der Waals surface area (Å²) in [6.07, 6.45) is 0. The highest BCUT2D eigenvalue weighted by atomic mass is 35.5. The Labute approximate surface area is 117 Å². The summed E-state index contributed by atoms with van der Waals surface area (Å²) in [6, 6.07) is 14.8. The third kappa shape index (κ3) is 3.40. The zero-order valence-electron chi connectivity index (χ0n) is 10.5. The van der Waals surface area contributed by atoms with Crippen molar-refractivity contribution >= 4 is 17.3 Å². The number of anilines is 1. The minimum absolute atomic E-state index is 0.373. The Hall–Kier alpha value is -2.18. The van der Waals surface area contributed by atoms with Crippen LogP contribution < -0.4 is 10.1 Å². The number of ether oxygens (including phenoxy) is 1. The number of benzene rings is 2. The number of nitriles is 1. The molecule has 19 heavy (non-hydrogen) atoms. The van der Waals surface area contributed by atoms with Crippen LogP contribution in [0.3, 0.4) is 0 Å². The largest absolute Gasteiger partial charge is 0.489 e. The summed E-state index contributed by atoms with van der Waals surface area (Å²) in [5, 5.41) is 12.5. The van der Waals surface area contributed by atoms with Crippen LogP contribution in [-0.2, 0) is 6.61 Å². The fraction of sp³-hybridized carbons (Fsp3) is 0.133. The maximum absolute atomic E-state index is 8.82. The lowest BCUT2D eigenvalue weighted by Crippen LogP contribution is -1.97. The van der Waals surface area contributed by atoms with Crippen LogP contribution in [0.4, 0.5) is 5.69 Å². The summed E-state index contributed by atoms with van der Waals surface area (Å²) in [4.78, 5) is 0. The van der Waals surface area contributed by atoms with Crippen LogP contribution in [0.5, 0.6) is 5.75 Å². The van der Waals surface area contributed by atoms with Crippen molar-refractivity contribution in [3.63, 3.8) is 0 Å². The van der Waals surface area contributed by atoms with Crippen LogP contribution >= 0.6 is 11.6 Å². The highest BCUT2D eigenvalue weighted by Gasteiger charge is 2.03. The summed E-state index contributed by atoms with van der Waals surface area (Å²) in [5.74, 6) is 0.660. The van der Waals surface area contributed by atoms with Crippen molar-refractivity contribution in [1.82, 2.24) is 0 Å². The van der Waals surface area contributed by atoms with Crippen LogP contribution in [0.15, 0.2) is 42.5 Å². The molecule has 0 atom stereocenters. The number of halogens is 1.